The van der Waals surface area contributed by atoms with Gasteiger partial charge in [-0.2, -0.15) is 5.10 Å². The lowest BCUT2D eigenvalue weighted by Crippen LogP contribution is -2.45. The number of ether oxygens (including phenoxy) is 1. The molecule has 0 bridgehead atoms. The fraction of sp³-hybridized carbons (Fsp3) is 0.750. The summed E-state index contributed by atoms with van der Waals surface area (Å²) in [6, 6.07) is 0. The van der Waals surface area contributed by atoms with Crippen molar-refractivity contribution >= 4 is 11.6 Å². The lowest BCUT2D eigenvalue weighted by Gasteiger charge is -2.34. The van der Waals surface area contributed by atoms with Crippen LogP contribution in [0, 0.1) is 6.92 Å². The first kappa shape index (κ1) is 12.9. The summed E-state index contributed by atoms with van der Waals surface area (Å²) in [4.78, 5) is 0. The Hall–Kier alpha value is -0.580. The quantitative estimate of drug-likeness (QED) is 0.901. The lowest BCUT2D eigenvalue weighted by atomic mass is 9.96. The highest BCUT2D eigenvalue weighted by Crippen LogP contribution is 2.25. The molecule has 96 valence electrons. The summed E-state index contributed by atoms with van der Waals surface area (Å²) in [5, 5.41) is 8.37. The number of hydrogen-bond acceptors (Lipinski definition) is 3. The van der Waals surface area contributed by atoms with E-state index >= 15 is 0 Å². The topological polar surface area (TPSA) is 39.1 Å². The second-order valence-electron chi connectivity index (χ2n) is 4.99. The van der Waals surface area contributed by atoms with Crippen LogP contribution in [-0.2, 0) is 18.4 Å². The van der Waals surface area contributed by atoms with Crippen LogP contribution in [0.5, 0.6) is 0 Å². The van der Waals surface area contributed by atoms with E-state index < -0.39 is 0 Å². The largest absolute Gasteiger partial charge is 0.368 e. The van der Waals surface area contributed by atoms with Gasteiger partial charge < -0.3 is 10.1 Å². The van der Waals surface area contributed by atoms with Crippen molar-refractivity contribution in [1.29, 1.82) is 0 Å². The highest BCUT2D eigenvalue weighted by Gasteiger charge is 2.28. The first-order valence-corrected chi connectivity index (χ1v) is 6.42. The smallest absolute Gasteiger partial charge is 0.0907 e. The molecule has 1 aromatic heterocycles. The molecule has 1 atom stereocenters. The van der Waals surface area contributed by atoms with Crippen molar-refractivity contribution in [2.45, 2.75) is 38.9 Å². The Kier molecular flexibility index (Phi) is 3.76. The van der Waals surface area contributed by atoms with Gasteiger partial charge in [-0.3, -0.25) is 4.68 Å². The Balaban J connectivity index is 2.01. The van der Waals surface area contributed by atoms with Crippen LogP contribution in [0.25, 0.3) is 0 Å². The van der Waals surface area contributed by atoms with E-state index in [1.54, 1.807) is 4.68 Å². The van der Waals surface area contributed by atoms with Gasteiger partial charge in [0.25, 0.3) is 0 Å². The molecule has 2 rings (SSSR count). The van der Waals surface area contributed by atoms with E-state index in [9.17, 15) is 0 Å². The van der Waals surface area contributed by atoms with Gasteiger partial charge in [0.1, 0.15) is 0 Å². The van der Waals surface area contributed by atoms with Gasteiger partial charge in [0.05, 0.1) is 28.6 Å². The molecule has 5 heteroatoms. The normalized spacial score (nSPS) is 25.2. The SMILES string of the molecule is Cc1nn(C)c(COC2(C)CCCNC2)c1Cl. The van der Waals surface area contributed by atoms with Crippen LogP contribution in [0.1, 0.15) is 31.2 Å². The molecule has 0 spiro atoms. The maximum Gasteiger partial charge on any atom is 0.0907 e. The molecule has 1 saturated heterocycles. The van der Waals surface area contributed by atoms with Crippen LogP contribution >= 0.6 is 11.6 Å². The van der Waals surface area contributed by atoms with Gasteiger partial charge in [-0.15, -0.1) is 0 Å². The fourth-order valence-electron chi connectivity index (χ4n) is 2.23. The fourth-order valence-corrected chi connectivity index (χ4v) is 2.45. The van der Waals surface area contributed by atoms with Gasteiger partial charge in [0.15, 0.2) is 0 Å². The molecule has 4 nitrogen and oxygen atoms in total. The summed E-state index contributed by atoms with van der Waals surface area (Å²) in [7, 11) is 1.90. The number of nitrogens with zero attached hydrogens (tertiary/aromatic N) is 2. The third kappa shape index (κ3) is 2.81. The van der Waals surface area contributed by atoms with Crippen LogP contribution in [0.15, 0.2) is 0 Å². The summed E-state index contributed by atoms with van der Waals surface area (Å²) in [5.41, 5.74) is 1.73. The van der Waals surface area contributed by atoms with E-state index in [1.165, 1.54) is 0 Å². The molecular weight excluding hydrogens is 238 g/mol. The second-order valence-corrected chi connectivity index (χ2v) is 5.37. The Bertz CT molecular complexity index is 397. The Morgan fingerprint density at radius 2 is 2.35 bits per heavy atom. The van der Waals surface area contributed by atoms with Crippen LogP contribution in [0.4, 0.5) is 0 Å². The highest BCUT2D eigenvalue weighted by atomic mass is 35.5. The summed E-state index contributed by atoms with van der Waals surface area (Å²) in [6.45, 7) is 6.58. The molecular formula is C12H20ClN3O. The third-order valence-corrected chi connectivity index (χ3v) is 3.87. The molecule has 1 aromatic rings. The lowest BCUT2D eigenvalue weighted by molar-refractivity contribution is -0.0592. The molecule has 0 radical (unpaired) electrons. The van der Waals surface area contributed by atoms with E-state index in [4.69, 9.17) is 16.3 Å². The molecule has 0 aromatic carbocycles. The average molecular weight is 258 g/mol. The number of halogens is 1. The van der Waals surface area contributed by atoms with Crippen molar-refractivity contribution in [2.75, 3.05) is 13.1 Å². The highest BCUT2D eigenvalue weighted by molar-refractivity contribution is 6.31. The molecule has 0 saturated carbocycles. The van der Waals surface area contributed by atoms with E-state index in [-0.39, 0.29) is 5.60 Å². The van der Waals surface area contributed by atoms with Crippen molar-refractivity contribution in [1.82, 2.24) is 15.1 Å². The average Bonchev–Trinajstić information content (AvgIpc) is 2.52. The standard InChI is InChI=1S/C12H20ClN3O/c1-9-11(13)10(16(3)15-9)7-17-12(2)5-4-6-14-8-12/h14H,4-8H2,1-3H3. The van der Waals surface area contributed by atoms with E-state index in [0.717, 1.165) is 42.3 Å². The number of aromatic nitrogens is 2. The molecule has 1 aliphatic heterocycles. The molecule has 1 fully saturated rings. The first-order valence-electron chi connectivity index (χ1n) is 6.04. The second kappa shape index (κ2) is 4.96. The van der Waals surface area contributed by atoms with Crippen LogP contribution in [-0.4, -0.2) is 28.5 Å². The van der Waals surface area contributed by atoms with E-state index in [0.29, 0.717) is 6.61 Å². The Morgan fingerprint density at radius 1 is 1.59 bits per heavy atom. The summed E-state index contributed by atoms with van der Waals surface area (Å²) >= 11 is 6.20. The van der Waals surface area contributed by atoms with Gasteiger partial charge in [0.2, 0.25) is 0 Å². The summed E-state index contributed by atoms with van der Waals surface area (Å²) < 4.78 is 7.83. The Labute approximate surface area is 107 Å². The molecule has 1 unspecified atom stereocenters. The van der Waals surface area contributed by atoms with E-state index in [1.807, 2.05) is 14.0 Å². The zero-order chi connectivity index (χ0) is 12.5. The summed E-state index contributed by atoms with van der Waals surface area (Å²) in [6.07, 6.45) is 2.25. The molecule has 1 aliphatic rings. The molecule has 0 aliphatic carbocycles. The van der Waals surface area contributed by atoms with Gasteiger partial charge in [-0.05, 0) is 33.2 Å². The van der Waals surface area contributed by atoms with Crippen LogP contribution in [0.3, 0.4) is 0 Å². The minimum atomic E-state index is -0.0836. The number of aryl methyl sites for hydroxylation is 2. The molecule has 17 heavy (non-hydrogen) atoms. The minimum Gasteiger partial charge on any atom is -0.368 e. The minimum absolute atomic E-state index is 0.0836. The molecule has 0 amide bonds. The number of nitrogens with one attached hydrogen (secondary N) is 1. The zero-order valence-corrected chi connectivity index (χ0v) is 11.5. The monoisotopic (exact) mass is 257 g/mol. The van der Waals surface area contributed by atoms with Gasteiger partial charge in [-0.25, -0.2) is 0 Å². The third-order valence-electron chi connectivity index (χ3n) is 3.38. The number of rotatable bonds is 3. The van der Waals surface area contributed by atoms with Crippen molar-refractivity contribution in [3.8, 4) is 0 Å². The predicted molar refractivity (Wildman–Crippen MR) is 68.3 cm³/mol. The maximum atomic E-state index is 6.20. The summed E-state index contributed by atoms with van der Waals surface area (Å²) in [5.74, 6) is 0. The first-order chi connectivity index (χ1) is 8.02. The van der Waals surface area contributed by atoms with Crippen molar-refractivity contribution in [3.05, 3.63) is 16.4 Å². The van der Waals surface area contributed by atoms with Gasteiger partial charge in [0, 0.05) is 13.6 Å². The molecule has 2 heterocycles. The van der Waals surface area contributed by atoms with Crippen molar-refractivity contribution < 1.29 is 4.74 Å². The molecule has 1 N–H and O–H groups in total. The van der Waals surface area contributed by atoms with Gasteiger partial charge >= 0.3 is 0 Å². The van der Waals surface area contributed by atoms with Crippen molar-refractivity contribution in [2.24, 2.45) is 7.05 Å². The predicted octanol–water partition coefficient (Wildman–Crippen LogP) is 2.04. The van der Waals surface area contributed by atoms with E-state index in [2.05, 4.69) is 17.3 Å². The Morgan fingerprint density at radius 3 is 2.88 bits per heavy atom. The number of piperidine rings is 1. The maximum absolute atomic E-state index is 6.20. The van der Waals surface area contributed by atoms with Crippen LogP contribution < -0.4 is 5.32 Å². The number of hydrogen-bond donors (Lipinski definition) is 1. The zero-order valence-electron chi connectivity index (χ0n) is 10.7. The van der Waals surface area contributed by atoms with Crippen LogP contribution in [0.2, 0.25) is 5.02 Å². The van der Waals surface area contributed by atoms with Crippen molar-refractivity contribution in [3.63, 3.8) is 0 Å². The van der Waals surface area contributed by atoms with Gasteiger partial charge in [-0.1, -0.05) is 11.6 Å².